The zero-order chi connectivity index (χ0) is 19.5. The minimum atomic E-state index is 0.0648. The van der Waals surface area contributed by atoms with E-state index in [1.54, 1.807) is 19.5 Å². The number of para-hydroxylation sites is 2. The summed E-state index contributed by atoms with van der Waals surface area (Å²) in [6.07, 6.45) is 3.48. The van der Waals surface area contributed by atoms with Gasteiger partial charge in [-0.05, 0) is 31.2 Å². The monoisotopic (exact) mass is 394 g/mol. The first-order valence-electron chi connectivity index (χ1n) is 9.22. The van der Waals surface area contributed by atoms with Crippen molar-refractivity contribution < 1.29 is 9.53 Å². The van der Waals surface area contributed by atoms with Crippen molar-refractivity contribution in [3.8, 4) is 16.3 Å². The van der Waals surface area contributed by atoms with Gasteiger partial charge in [0.05, 0.1) is 18.5 Å². The molecule has 1 aliphatic rings. The molecule has 0 radical (unpaired) electrons. The molecule has 28 heavy (non-hydrogen) atoms. The van der Waals surface area contributed by atoms with Gasteiger partial charge >= 0.3 is 0 Å². The SMILES string of the molecule is COc1ccccc1N1CCN(C(=O)c2sc(-c3ccncc3)nc2C)CC1. The number of aromatic nitrogens is 2. The molecular formula is C21H22N4O2S. The fourth-order valence-electron chi connectivity index (χ4n) is 3.40. The van der Waals surface area contributed by atoms with E-state index >= 15 is 0 Å². The predicted molar refractivity (Wildman–Crippen MR) is 111 cm³/mol. The Morgan fingerprint density at radius 2 is 1.79 bits per heavy atom. The van der Waals surface area contributed by atoms with Gasteiger partial charge in [0.1, 0.15) is 15.6 Å². The minimum Gasteiger partial charge on any atom is -0.495 e. The van der Waals surface area contributed by atoms with Gasteiger partial charge in [0.2, 0.25) is 0 Å². The summed E-state index contributed by atoms with van der Waals surface area (Å²) in [5.74, 6) is 0.928. The van der Waals surface area contributed by atoms with E-state index in [-0.39, 0.29) is 5.91 Å². The number of hydrogen-bond donors (Lipinski definition) is 0. The summed E-state index contributed by atoms with van der Waals surface area (Å²) in [4.78, 5) is 26.6. The smallest absolute Gasteiger partial charge is 0.265 e. The minimum absolute atomic E-state index is 0.0648. The molecule has 1 amide bonds. The van der Waals surface area contributed by atoms with Crippen LogP contribution in [0.1, 0.15) is 15.4 Å². The van der Waals surface area contributed by atoms with Gasteiger partial charge in [-0.2, -0.15) is 0 Å². The zero-order valence-electron chi connectivity index (χ0n) is 16.0. The molecule has 1 fully saturated rings. The van der Waals surface area contributed by atoms with Crippen LogP contribution in [0.3, 0.4) is 0 Å². The summed E-state index contributed by atoms with van der Waals surface area (Å²) in [7, 11) is 1.69. The van der Waals surface area contributed by atoms with Crippen molar-refractivity contribution in [3.05, 3.63) is 59.4 Å². The van der Waals surface area contributed by atoms with Gasteiger partial charge in [0, 0.05) is 44.1 Å². The quantitative estimate of drug-likeness (QED) is 0.678. The van der Waals surface area contributed by atoms with Gasteiger partial charge in [-0.3, -0.25) is 9.78 Å². The lowest BCUT2D eigenvalue weighted by Crippen LogP contribution is -2.48. The van der Waals surface area contributed by atoms with Crippen molar-refractivity contribution >= 4 is 22.9 Å². The van der Waals surface area contributed by atoms with Gasteiger partial charge in [-0.1, -0.05) is 12.1 Å². The van der Waals surface area contributed by atoms with E-state index in [0.717, 1.165) is 45.7 Å². The first-order valence-corrected chi connectivity index (χ1v) is 10.0. The standard InChI is InChI=1S/C21H22N4O2S/c1-15-19(28-20(23-15)16-7-9-22-10-8-16)21(26)25-13-11-24(12-14-25)17-5-3-4-6-18(17)27-2/h3-10H,11-14H2,1-2H3. The summed E-state index contributed by atoms with van der Waals surface area (Å²) in [6, 6.07) is 11.8. The van der Waals surface area contributed by atoms with Crippen molar-refractivity contribution in [3.63, 3.8) is 0 Å². The summed E-state index contributed by atoms with van der Waals surface area (Å²) in [5.41, 5.74) is 2.85. The average molecular weight is 395 g/mol. The lowest BCUT2D eigenvalue weighted by atomic mass is 10.2. The van der Waals surface area contributed by atoms with E-state index in [1.165, 1.54) is 11.3 Å². The highest BCUT2D eigenvalue weighted by atomic mass is 32.1. The topological polar surface area (TPSA) is 58.6 Å². The lowest BCUT2D eigenvalue weighted by Gasteiger charge is -2.36. The van der Waals surface area contributed by atoms with Crippen molar-refractivity contribution in [2.24, 2.45) is 0 Å². The van der Waals surface area contributed by atoms with Crippen LogP contribution in [-0.2, 0) is 0 Å². The number of carbonyl (C=O) groups is 1. The highest BCUT2D eigenvalue weighted by Gasteiger charge is 2.26. The van der Waals surface area contributed by atoms with Crippen LogP contribution < -0.4 is 9.64 Å². The Morgan fingerprint density at radius 1 is 1.07 bits per heavy atom. The number of pyridine rings is 1. The summed E-state index contributed by atoms with van der Waals surface area (Å²) >= 11 is 1.45. The Morgan fingerprint density at radius 3 is 2.50 bits per heavy atom. The maximum absolute atomic E-state index is 13.1. The molecule has 0 saturated carbocycles. The fraction of sp³-hybridized carbons (Fsp3) is 0.286. The molecule has 0 atom stereocenters. The highest BCUT2D eigenvalue weighted by molar-refractivity contribution is 7.17. The average Bonchev–Trinajstić information content (AvgIpc) is 3.15. The summed E-state index contributed by atoms with van der Waals surface area (Å²) in [5, 5.41) is 0.857. The maximum Gasteiger partial charge on any atom is 0.265 e. The molecule has 6 nitrogen and oxygen atoms in total. The Kier molecular flexibility index (Phi) is 5.25. The first kappa shape index (κ1) is 18.4. The van der Waals surface area contributed by atoms with E-state index in [0.29, 0.717) is 13.1 Å². The van der Waals surface area contributed by atoms with Gasteiger partial charge in [-0.25, -0.2) is 4.98 Å². The maximum atomic E-state index is 13.1. The first-order chi connectivity index (χ1) is 13.7. The number of benzene rings is 1. The molecule has 0 bridgehead atoms. The molecule has 1 saturated heterocycles. The second-order valence-electron chi connectivity index (χ2n) is 6.62. The third kappa shape index (κ3) is 3.57. The van der Waals surface area contributed by atoms with Crippen LogP contribution in [0.4, 0.5) is 5.69 Å². The van der Waals surface area contributed by atoms with Crippen LogP contribution in [0.5, 0.6) is 5.75 Å². The second kappa shape index (κ2) is 7.98. The van der Waals surface area contributed by atoms with Crippen molar-refractivity contribution in [2.75, 3.05) is 38.2 Å². The van der Waals surface area contributed by atoms with Crippen LogP contribution in [0.25, 0.3) is 10.6 Å². The molecular weight excluding hydrogens is 372 g/mol. The Bertz CT molecular complexity index is 966. The van der Waals surface area contributed by atoms with E-state index < -0.39 is 0 Å². The number of hydrogen-bond acceptors (Lipinski definition) is 6. The van der Waals surface area contributed by atoms with Crippen LogP contribution in [0, 0.1) is 6.92 Å². The number of nitrogens with zero attached hydrogens (tertiary/aromatic N) is 4. The van der Waals surface area contributed by atoms with E-state index in [1.807, 2.05) is 42.2 Å². The van der Waals surface area contributed by atoms with E-state index in [2.05, 4.69) is 20.9 Å². The fourth-order valence-corrected chi connectivity index (χ4v) is 4.44. The number of ether oxygens (including phenoxy) is 1. The molecule has 0 spiro atoms. The van der Waals surface area contributed by atoms with Crippen LogP contribution in [0.15, 0.2) is 48.8 Å². The third-order valence-corrected chi connectivity index (χ3v) is 6.11. The second-order valence-corrected chi connectivity index (χ2v) is 7.62. The molecule has 7 heteroatoms. The normalized spacial score (nSPS) is 14.2. The number of piperazine rings is 1. The number of anilines is 1. The molecule has 4 rings (SSSR count). The molecule has 0 unspecified atom stereocenters. The molecule has 3 heterocycles. The van der Waals surface area contributed by atoms with E-state index in [4.69, 9.17) is 4.74 Å². The molecule has 0 N–H and O–H groups in total. The number of thiazole rings is 1. The largest absolute Gasteiger partial charge is 0.495 e. The van der Waals surface area contributed by atoms with Crippen LogP contribution >= 0.6 is 11.3 Å². The third-order valence-electron chi connectivity index (χ3n) is 4.91. The molecule has 144 valence electrons. The van der Waals surface area contributed by atoms with Crippen LogP contribution in [0.2, 0.25) is 0 Å². The molecule has 3 aromatic rings. The van der Waals surface area contributed by atoms with Crippen LogP contribution in [-0.4, -0.2) is 54.1 Å². The van der Waals surface area contributed by atoms with Crippen molar-refractivity contribution in [1.82, 2.24) is 14.9 Å². The van der Waals surface area contributed by atoms with Crippen molar-refractivity contribution in [2.45, 2.75) is 6.92 Å². The number of amides is 1. The lowest BCUT2D eigenvalue weighted by molar-refractivity contribution is 0.0750. The number of carbonyl (C=O) groups excluding carboxylic acids is 1. The van der Waals surface area contributed by atoms with Crippen molar-refractivity contribution in [1.29, 1.82) is 0 Å². The summed E-state index contributed by atoms with van der Waals surface area (Å²) < 4.78 is 5.47. The molecule has 2 aromatic heterocycles. The van der Waals surface area contributed by atoms with Gasteiger partial charge in [0.15, 0.2) is 0 Å². The predicted octanol–water partition coefficient (Wildman–Crippen LogP) is 3.48. The molecule has 0 aliphatic carbocycles. The van der Waals surface area contributed by atoms with Gasteiger partial charge in [0.25, 0.3) is 5.91 Å². The van der Waals surface area contributed by atoms with Gasteiger partial charge in [-0.15, -0.1) is 11.3 Å². The van der Waals surface area contributed by atoms with Gasteiger partial charge < -0.3 is 14.5 Å². The Hall–Kier alpha value is -2.93. The Labute approximate surface area is 168 Å². The Balaban J connectivity index is 1.47. The molecule has 1 aliphatic heterocycles. The van der Waals surface area contributed by atoms with E-state index in [9.17, 15) is 4.79 Å². The number of methoxy groups -OCH3 is 1. The number of rotatable bonds is 4. The number of aryl methyl sites for hydroxylation is 1. The molecule has 1 aromatic carbocycles. The summed E-state index contributed by atoms with van der Waals surface area (Å²) in [6.45, 7) is 4.82. The highest BCUT2D eigenvalue weighted by Crippen LogP contribution is 2.30. The zero-order valence-corrected chi connectivity index (χ0v) is 16.8.